The first-order chi connectivity index (χ1) is 8.19. The Hall–Kier alpha value is -1.55. The summed E-state index contributed by atoms with van der Waals surface area (Å²) in [7, 11) is 3.45. The van der Waals surface area contributed by atoms with Crippen LogP contribution in [-0.4, -0.2) is 38.1 Å². The van der Waals surface area contributed by atoms with E-state index in [1.807, 2.05) is 24.3 Å². The topological polar surface area (TPSA) is 55.6 Å². The third-order valence-electron chi connectivity index (χ3n) is 2.69. The highest BCUT2D eigenvalue weighted by Crippen LogP contribution is 2.17. The molecule has 0 radical (unpaired) electrons. The second-order valence-corrected chi connectivity index (χ2v) is 3.92. The average Bonchev–Trinajstić information content (AvgIpc) is 2.36. The highest BCUT2D eigenvalue weighted by atomic mass is 16.5. The predicted molar refractivity (Wildman–Crippen MR) is 68.0 cm³/mol. The molecule has 0 aliphatic carbocycles. The van der Waals surface area contributed by atoms with Gasteiger partial charge in [-0.2, -0.15) is 0 Å². The zero-order valence-electron chi connectivity index (χ0n) is 10.5. The number of amides is 1. The Bertz CT molecular complexity index is 366. The molecule has 0 bridgehead atoms. The summed E-state index contributed by atoms with van der Waals surface area (Å²) < 4.78 is 5.26. The molecule has 1 aromatic carbocycles. The van der Waals surface area contributed by atoms with Crippen molar-refractivity contribution in [3.05, 3.63) is 29.8 Å². The van der Waals surface area contributed by atoms with E-state index in [9.17, 15) is 4.79 Å². The number of nitrogens with two attached hydrogens (primary N) is 1. The number of carbonyl (C=O) groups is 1. The maximum absolute atomic E-state index is 11.5. The number of para-hydroxylation sites is 1. The number of hydrogen-bond acceptors (Lipinski definition) is 3. The molecule has 1 amide bonds. The van der Waals surface area contributed by atoms with E-state index >= 15 is 0 Å². The van der Waals surface area contributed by atoms with Gasteiger partial charge in [-0.15, -0.1) is 0 Å². The second-order valence-electron chi connectivity index (χ2n) is 3.92. The largest absolute Gasteiger partial charge is 0.496 e. The number of carbonyl (C=O) groups excluding carboxylic acids is 1. The molecule has 2 N–H and O–H groups in total. The Morgan fingerprint density at radius 2 is 2.12 bits per heavy atom. The van der Waals surface area contributed by atoms with Gasteiger partial charge in [0.05, 0.1) is 7.11 Å². The lowest BCUT2D eigenvalue weighted by atomic mass is 10.1. The summed E-state index contributed by atoms with van der Waals surface area (Å²) in [6.45, 7) is 1.08. The van der Waals surface area contributed by atoms with E-state index in [-0.39, 0.29) is 5.91 Å². The fourth-order valence-electron chi connectivity index (χ4n) is 1.64. The summed E-state index contributed by atoms with van der Waals surface area (Å²) >= 11 is 0. The lowest BCUT2D eigenvalue weighted by molar-refractivity contribution is -0.129. The first-order valence-electron chi connectivity index (χ1n) is 5.75. The third-order valence-corrected chi connectivity index (χ3v) is 2.69. The van der Waals surface area contributed by atoms with E-state index in [1.165, 1.54) is 0 Å². The molecule has 0 unspecified atom stereocenters. The summed E-state index contributed by atoms with van der Waals surface area (Å²) in [5.74, 6) is 0.953. The van der Waals surface area contributed by atoms with Crippen LogP contribution in [0.3, 0.4) is 0 Å². The summed E-state index contributed by atoms with van der Waals surface area (Å²) in [5.41, 5.74) is 6.47. The highest BCUT2D eigenvalue weighted by Gasteiger charge is 2.08. The number of likely N-dealkylation sites (N-methyl/N-ethyl adjacent to an activating group) is 1. The molecule has 1 rings (SSSR count). The molecule has 0 heterocycles. The number of rotatable bonds is 6. The molecule has 0 aliphatic heterocycles. The van der Waals surface area contributed by atoms with Crippen LogP contribution in [0.4, 0.5) is 0 Å². The standard InChI is InChI=1S/C13H20N2O2/c1-15(13(16)7-9-14)10-8-11-5-3-4-6-12(11)17-2/h3-6H,7-10,14H2,1-2H3. The smallest absolute Gasteiger partial charge is 0.223 e. The Morgan fingerprint density at radius 3 is 2.76 bits per heavy atom. The van der Waals surface area contributed by atoms with Gasteiger partial charge in [0.1, 0.15) is 5.75 Å². The van der Waals surface area contributed by atoms with Crippen LogP contribution < -0.4 is 10.5 Å². The molecule has 0 fully saturated rings. The molecule has 0 spiro atoms. The zero-order chi connectivity index (χ0) is 12.7. The molecule has 4 heteroatoms. The highest BCUT2D eigenvalue weighted by molar-refractivity contribution is 5.76. The fraction of sp³-hybridized carbons (Fsp3) is 0.462. The second kappa shape index (κ2) is 6.91. The fourth-order valence-corrected chi connectivity index (χ4v) is 1.64. The van der Waals surface area contributed by atoms with Crippen molar-refractivity contribution in [2.45, 2.75) is 12.8 Å². The predicted octanol–water partition coefficient (Wildman–Crippen LogP) is 1.04. The van der Waals surface area contributed by atoms with Crippen molar-refractivity contribution in [2.75, 3.05) is 27.2 Å². The van der Waals surface area contributed by atoms with Crippen molar-refractivity contribution < 1.29 is 9.53 Å². The van der Waals surface area contributed by atoms with Crippen molar-refractivity contribution in [2.24, 2.45) is 5.73 Å². The van der Waals surface area contributed by atoms with Crippen LogP contribution in [0.1, 0.15) is 12.0 Å². The van der Waals surface area contributed by atoms with Crippen LogP contribution in [0.5, 0.6) is 5.75 Å². The maximum Gasteiger partial charge on any atom is 0.223 e. The van der Waals surface area contributed by atoms with Crippen molar-refractivity contribution in [1.82, 2.24) is 4.90 Å². The number of benzene rings is 1. The van der Waals surface area contributed by atoms with Crippen molar-refractivity contribution in [3.63, 3.8) is 0 Å². The van der Waals surface area contributed by atoms with Gasteiger partial charge in [-0.1, -0.05) is 18.2 Å². The van der Waals surface area contributed by atoms with Crippen LogP contribution in [0, 0.1) is 0 Å². The first-order valence-corrected chi connectivity index (χ1v) is 5.75. The molecular formula is C13H20N2O2. The van der Waals surface area contributed by atoms with Crippen LogP contribution >= 0.6 is 0 Å². The van der Waals surface area contributed by atoms with Crippen LogP contribution in [-0.2, 0) is 11.2 Å². The maximum atomic E-state index is 11.5. The molecule has 1 aromatic rings. The Kier molecular flexibility index (Phi) is 5.49. The van der Waals surface area contributed by atoms with Gasteiger partial charge >= 0.3 is 0 Å². The van der Waals surface area contributed by atoms with Gasteiger partial charge in [-0.3, -0.25) is 4.79 Å². The van der Waals surface area contributed by atoms with Gasteiger partial charge in [0.25, 0.3) is 0 Å². The Labute approximate surface area is 102 Å². The van der Waals surface area contributed by atoms with Crippen molar-refractivity contribution >= 4 is 5.91 Å². The van der Waals surface area contributed by atoms with Gasteiger partial charge < -0.3 is 15.4 Å². The monoisotopic (exact) mass is 236 g/mol. The van der Waals surface area contributed by atoms with E-state index in [2.05, 4.69) is 0 Å². The normalized spacial score (nSPS) is 10.1. The molecule has 4 nitrogen and oxygen atoms in total. The minimum absolute atomic E-state index is 0.0856. The van der Waals surface area contributed by atoms with Gasteiger partial charge in [-0.25, -0.2) is 0 Å². The van der Waals surface area contributed by atoms with E-state index in [0.29, 0.717) is 19.5 Å². The van der Waals surface area contributed by atoms with Crippen LogP contribution in [0.25, 0.3) is 0 Å². The molecular weight excluding hydrogens is 216 g/mol. The summed E-state index contributed by atoms with van der Waals surface area (Å²) in [6.07, 6.45) is 1.19. The van der Waals surface area contributed by atoms with Crippen LogP contribution in [0.15, 0.2) is 24.3 Å². The van der Waals surface area contributed by atoms with Crippen molar-refractivity contribution in [1.29, 1.82) is 0 Å². The van der Waals surface area contributed by atoms with Gasteiger partial charge in [-0.05, 0) is 18.1 Å². The number of nitrogens with zero attached hydrogens (tertiary/aromatic N) is 1. The third kappa shape index (κ3) is 4.07. The lowest BCUT2D eigenvalue weighted by Gasteiger charge is -2.17. The number of methoxy groups -OCH3 is 1. The van der Waals surface area contributed by atoms with E-state index < -0.39 is 0 Å². The molecule has 0 aliphatic rings. The lowest BCUT2D eigenvalue weighted by Crippen LogP contribution is -2.30. The average molecular weight is 236 g/mol. The van der Waals surface area contributed by atoms with Gasteiger partial charge in [0, 0.05) is 26.6 Å². The van der Waals surface area contributed by atoms with E-state index in [4.69, 9.17) is 10.5 Å². The Morgan fingerprint density at radius 1 is 1.41 bits per heavy atom. The van der Waals surface area contributed by atoms with Crippen molar-refractivity contribution in [3.8, 4) is 5.75 Å². The van der Waals surface area contributed by atoms with E-state index in [0.717, 1.165) is 17.7 Å². The molecule has 17 heavy (non-hydrogen) atoms. The van der Waals surface area contributed by atoms with Gasteiger partial charge in [0.15, 0.2) is 0 Å². The molecule has 0 atom stereocenters. The minimum atomic E-state index is 0.0856. The quantitative estimate of drug-likeness (QED) is 0.803. The summed E-state index contributed by atoms with van der Waals surface area (Å²) in [6, 6.07) is 7.85. The number of ether oxygens (including phenoxy) is 1. The van der Waals surface area contributed by atoms with E-state index in [1.54, 1.807) is 19.1 Å². The molecule has 0 aromatic heterocycles. The van der Waals surface area contributed by atoms with Gasteiger partial charge in [0.2, 0.25) is 5.91 Å². The first kappa shape index (κ1) is 13.5. The molecule has 0 saturated heterocycles. The SMILES string of the molecule is COc1ccccc1CCN(C)C(=O)CCN. The summed E-state index contributed by atoms with van der Waals surface area (Å²) in [4.78, 5) is 13.2. The zero-order valence-corrected chi connectivity index (χ0v) is 10.5. The molecule has 94 valence electrons. The van der Waals surface area contributed by atoms with Crippen LogP contribution in [0.2, 0.25) is 0 Å². The number of hydrogen-bond donors (Lipinski definition) is 1. The Balaban J connectivity index is 2.52. The minimum Gasteiger partial charge on any atom is -0.496 e. The molecule has 0 saturated carbocycles. The summed E-state index contributed by atoms with van der Waals surface area (Å²) in [5, 5.41) is 0.